The summed E-state index contributed by atoms with van der Waals surface area (Å²) in [5, 5.41) is 0. The van der Waals surface area contributed by atoms with Crippen molar-refractivity contribution in [3.05, 3.63) is 23.4 Å². The van der Waals surface area contributed by atoms with Gasteiger partial charge in [-0.15, -0.1) is 0 Å². The number of allylic oxidation sites excluding steroid dienone is 2. The van der Waals surface area contributed by atoms with Crippen LogP contribution in [0.2, 0.25) is 0 Å². The van der Waals surface area contributed by atoms with Crippen molar-refractivity contribution in [2.24, 2.45) is 28.7 Å². The van der Waals surface area contributed by atoms with E-state index < -0.39 is 0 Å². The highest BCUT2D eigenvalue weighted by molar-refractivity contribution is 5.38. The zero-order valence-corrected chi connectivity index (χ0v) is 13.6. The van der Waals surface area contributed by atoms with Gasteiger partial charge in [0.05, 0.1) is 0 Å². The molecule has 2 atom stereocenters. The van der Waals surface area contributed by atoms with E-state index in [-0.39, 0.29) is 11.5 Å². The first-order chi connectivity index (χ1) is 10.1. The molecular weight excluding hydrogens is 256 g/mol. The molecule has 0 aliphatic heterocycles. The largest absolute Gasteiger partial charge is 0.401 e. The normalized spacial score (nSPS) is 36.2. The van der Waals surface area contributed by atoms with E-state index in [0.29, 0.717) is 11.8 Å². The molecule has 2 fully saturated rings. The maximum atomic E-state index is 6.76. The van der Waals surface area contributed by atoms with Gasteiger partial charge in [-0.1, -0.05) is 57.6 Å². The first-order valence-electron chi connectivity index (χ1n) is 9.08. The van der Waals surface area contributed by atoms with Crippen LogP contribution >= 0.6 is 0 Å². The van der Waals surface area contributed by atoms with Gasteiger partial charge in [0.25, 0.3) is 0 Å². The molecule has 2 nitrogen and oxygen atoms in total. The molecule has 0 bridgehead atoms. The molecule has 0 aromatic heterocycles. The zero-order chi connectivity index (χ0) is 14.9. The van der Waals surface area contributed by atoms with Crippen LogP contribution in [0.4, 0.5) is 0 Å². The summed E-state index contributed by atoms with van der Waals surface area (Å²) in [5.41, 5.74) is 15.8. The Labute approximate surface area is 130 Å². The van der Waals surface area contributed by atoms with Gasteiger partial charge in [-0.3, -0.25) is 0 Å². The molecule has 3 aliphatic carbocycles. The summed E-state index contributed by atoms with van der Waals surface area (Å²) in [7, 11) is 0. The number of nitrogens with two attached hydrogens (primary N) is 2. The average Bonchev–Trinajstić information content (AvgIpc) is 2.54. The highest BCUT2D eigenvalue weighted by atomic mass is 14.8. The van der Waals surface area contributed by atoms with Crippen molar-refractivity contribution in [1.82, 2.24) is 0 Å². The summed E-state index contributed by atoms with van der Waals surface area (Å²) < 4.78 is 0. The van der Waals surface area contributed by atoms with Crippen LogP contribution in [0, 0.1) is 17.3 Å². The average molecular weight is 288 g/mol. The molecule has 0 spiro atoms. The quantitative estimate of drug-likeness (QED) is 0.797. The second kappa shape index (κ2) is 6.16. The standard InChI is InChI=1S/C19H32N2/c1-19(15-10-6-3-7-11-15)17(20)13-12-16(18(19)21)14-8-4-2-5-9-14/h12-15,17H,2-11,20-21H2,1H3. The summed E-state index contributed by atoms with van der Waals surface area (Å²) in [6.45, 7) is 2.34. The topological polar surface area (TPSA) is 52.0 Å². The molecule has 2 heteroatoms. The predicted molar refractivity (Wildman–Crippen MR) is 89.6 cm³/mol. The molecule has 0 heterocycles. The van der Waals surface area contributed by atoms with Crippen molar-refractivity contribution in [1.29, 1.82) is 0 Å². The Bertz CT molecular complexity index is 425. The van der Waals surface area contributed by atoms with Crippen LogP contribution < -0.4 is 11.5 Å². The molecule has 4 N–H and O–H groups in total. The lowest BCUT2D eigenvalue weighted by Crippen LogP contribution is -2.50. The van der Waals surface area contributed by atoms with Crippen molar-refractivity contribution >= 4 is 0 Å². The van der Waals surface area contributed by atoms with E-state index in [1.165, 1.54) is 69.8 Å². The lowest BCUT2D eigenvalue weighted by Gasteiger charge is -2.47. The summed E-state index contributed by atoms with van der Waals surface area (Å²) >= 11 is 0. The number of hydrogen-bond acceptors (Lipinski definition) is 2. The molecule has 0 aromatic rings. The summed E-state index contributed by atoms with van der Waals surface area (Å²) in [6, 6.07) is 0.0907. The van der Waals surface area contributed by atoms with Gasteiger partial charge in [0, 0.05) is 17.2 Å². The van der Waals surface area contributed by atoms with Crippen molar-refractivity contribution < 1.29 is 0 Å². The van der Waals surface area contributed by atoms with Gasteiger partial charge in [-0.25, -0.2) is 0 Å². The highest BCUT2D eigenvalue weighted by Crippen LogP contribution is 2.48. The molecule has 3 aliphatic rings. The molecule has 3 rings (SSSR count). The Balaban J connectivity index is 1.90. The summed E-state index contributed by atoms with van der Waals surface area (Å²) in [4.78, 5) is 0. The van der Waals surface area contributed by atoms with Crippen LogP contribution in [0.1, 0.15) is 71.1 Å². The number of hydrogen-bond donors (Lipinski definition) is 2. The van der Waals surface area contributed by atoms with E-state index in [9.17, 15) is 0 Å². The van der Waals surface area contributed by atoms with Gasteiger partial charge >= 0.3 is 0 Å². The molecule has 0 saturated heterocycles. The monoisotopic (exact) mass is 288 g/mol. The van der Waals surface area contributed by atoms with Gasteiger partial charge in [0.2, 0.25) is 0 Å². The minimum absolute atomic E-state index is 0.0120. The SMILES string of the molecule is CC1(C2CCCCC2)C(N)=C(C2CCCCC2)C=CC1N. The molecule has 2 unspecified atom stereocenters. The van der Waals surface area contributed by atoms with Crippen LogP contribution in [0.25, 0.3) is 0 Å². The molecular formula is C19H32N2. The van der Waals surface area contributed by atoms with Crippen molar-refractivity contribution in [3.63, 3.8) is 0 Å². The lowest BCUT2D eigenvalue weighted by atomic mass is 9.60. The maximum absolute atomic E-state index is 6.76. The Kier molecular flexibility index (Phi) is 4.44. The third-order valence-corrected chi connectivity index (χ3v) is 6.57. The second-order valence-electron chi connectivity index (χ2n) is 7.71. The van der Waals surface area contributed by atoms with Gasteiger partial charge < -0.3 is 11.5 Å². The maximum Gasteiger partial charge on any atom is 0.0339 e. The van der Waals surface area contributed by atoms with Crippen molar-refractivity contribution in [2.45, 2.75) is 77.2 Å². The van der Waals surface area contributed by atoms with Gasteiger partial charge in [0.1, 0.15) is 0 Å². The molecule has 0 amide bonds. The lowest BCUT2D eigenvalue weighted by molar-refractivity contribution is 0.153. The first kappa shape index (κ1) is 15.1. The zero-order valence-electron chi connectivity index (χ0n) is 13.6. The Morgan fingerprint density at radius 2 is 1.52 bits per heavy atom. The highest BCUT2D eigenvalue weighted by Gasteiger charge is 2.44. The van der Waals surface area contributed by atoms with E-state index in [2.05, 4.69) is 19.1 Å². The van der Waals surface area contributed by atoms with E-state index in [1.807, 2.05) is 0 Å². The van der Waals surface area contributed by atoms with Gasteiger partial charge in [-0.2, -0.15) is 0 Å². The van der Waals surface area contributed by atoms with Crippen molar-refractivity contribution in [2.75, 3.05) is 0 Å². The van der Waals surface area contributed by atoms with Crippen LogP contribution in [-0.2, 0) is 0 Å². The third-order valence-electron chi connectivity index (χ3n) is 6.57. The summed E-state index contributed by atoms with van der Waals surface area (Å²) in [6.07, 6.45) is 18.0. The Morgan fingerprint density at radius 1 is 0.952 bits per heavy atom. The van der Waals surface area contributed by atoms with Gasteiger partial charge in [-0.05, 0) is 43.1 Å². The second-order valence-corrected chi connectivity index (χ2v) is 7.71. The minimum atomic E-state index is -0.0120. The van der Waals surface area contributed by atoms with Crippen LogP contribution in [-0.4, -0.2) is 6.04 Å². The van der Waals surface area contributed by atoms with Gasteiger partial charge in [0.15, 0.2) is 0 Å². The van der Waals surface area contributed by atoms with Crippen LogP contribution in [0.5, 0.6) is 0 Å². The van der Waals surface area contributed by atoms with E-state index in [4.69, 9.17) is 11.5 Å². The number of rotatable bonds is 2. The van der Waals surface area contributed by atoms with Crippen molar-refractivity contribution in [3.8, 4) is 0 Å². The third kappa shape index (κ3) is 2.67. The van der Waals surface area contributed by atoms with Crippen LogP contribution in [0.3, 0.4) is 0 Å². The minimum Gasteiger partial charge on any atom is -0.401 e. The molecule has 0 radical (unpaired) electrons. The smallest absolute Gasteiger partial charge is 0.0339 e. The Morgan fingerprint density at radius 3 is 2.14 bits per heavy atom. The first-order valence-corrected chi connectivity index (χ1v) is 9.08. The molecule has 0 aromatic carbocycles. The van der Waals surface area contributed by atoms with E-state index >= 15 is 0 Å². The fourth-order valence-electron chi connectivity index (χ4n) is 4.95. The van der Waals surface area contributed by atoms with Crippen LogP contribution in [0.15, 0.2) is 23.4 Å². The predicted octanol–water partition coefficient (Wildman–Crippen LogP) is 4.26. The molecule has 2 saturated carbocycles. The Hall–Kier alpha value is -0.760. The van der Waals surface area contributed by atoms with E-state index in [1.54, 1.807) is 0 Å². The fraction of sp³-hybridized carbons (Fsp3) is 0.789. The summed E-state index contributed by atoms with van der Waals surface area (Å²) in [5.74, 6) is 1.36. The molecule has 21 heavy (non-hydrogen) atoms. The fourth-order valence-corrected chi connectivity index (χ4v) is 4.95. The molecule has 118 valence electrons. The van der Waals surface area contributed by atoms with E-state index in [0.717, 1.165) is 5.70 Å².